The van der Waals surface area contributed by atoms with Crippen LogP contribution in [0.5, 0.6) is 5.75 Å². The highest BCUT2D eigenvalue weighted by Crippen LogP contribution is 2.35. The van der Waals surface area contributed by atoms with E-state index in [4.69, 9.17) is 10.5 Å². The second-order valence-electron chi connectivity index (χ2n) is 6.97. The van der Waals surface area contributed by atoms with Crippen LogP contribution in [0.2, 0.25) is 0 Å². The molecule has 2 aliphatic rings. The topological polar surface area (TPSA) is 47.3 Å². The van der Waals surface area contributed by atoms with Crippen molar-refractivity contribution < 1.29 is 4.74 Å². The van der Waals surface area contributed by atoms with E-state index in [1.165, 1.54) is 24.0 Å². The number of nitrogens with two attached hydrogens (primary N) is 1. The summed E-state index contributed by atoms with van der Waals surface area (Å²) in [5, 5.41) is 3.67. The first kappa shape index (κ1) is 13.9. The molecule has 3 N–H and O–H groups in total. The molecular formula is C17H26N2O. The van der Waals surface area contributed by atoms with E-state index in [0.717, 1.165) is 31.6 Å². The summed E-state index contributed by atoms with van der Waals surface area (Å²) >= 11 is 0. The maximum absolute atomic E-state index is 5.95. The van der Waals surface area contributed by atoms with Crippen molar-refractivity contribution in [3.8, 4) is 5.75 Å². The van der Waals surface area contributed by atoms with Crippen molar-refractivity contribution in [1.29, 1.82) is 0 Å². The molecule has 0 bridgehead atoms. The minimum atomic E-state index is -0.0477. The number of ether oxygens (including phenoxy) is 1. The minimum Gasteiger partial charge on any atom is -0.487 e. The fraction of sp³-hybridized carbons (Fsp3) is 0.647. The molecular weight excluding hydrogens is 248 g/mol. The van der Waals surface area contributed by atoms with Crippen LogP contribution in [0.3, 0.4) is 0 Å². The van der Waals surface area contributed by atoms with E-state index in [-0.39, 0.29) is 5.60 Å². The van der Waals surface area contributed by atoms with Crippen molar-refractivity contribution in [3.05, 3.63) is 29.3 Å². The molecule has 1 fully saturated rings. The first-order chi connectivity index (χ1) is 9.52. The van der Waals surface area contributed by atoms with Gasteiger partial charge in [-0.05, 0) is 56.7 Å². The predicted molar refractivity (Wildman–Crippen MR) is 81.9 cm³/mol. The number of hydrogen-bond acceptors (Lipinski definition) is 3. The maximum Gasteiger partial charge on any atom is 0.123 e. The van der Waals surface area contributed by atoms with Gasteiger partial charge in [-0.25, -0.2) is 0 Å². The fourth-order valence-corrected chi connectivity index (χ4v) is 3.36. The van der Waals surface area contributed by atoms with Crippen molar-refractivity contribution in [1.82, 2.24) is 5.32 Å². The quantitative estimate of drug-likeness (QED) is 0.891. The molecule has 110 valence electrons. The Morgan fingerprint density at radius 3 is 2.75 bits per heavy atom. The molecule has 3 rings (SSSR count). The first-order valence-electron chi connectivity index (χ1n) is 7.82. The Labute approximate surface area is 121 Å². The van der Waals surface area contributed by atoms with Gasteiger partial charge in [0.25, 0.3) is 0 Å². The molecule has 1 aromatic carbocycles. The second kappa shape index (κ2) is 5.38. The second-order valence-corrected chi connectivity index (χ2v) is 6.97. The number of rotatable bonds is 3. The van der Waals surface area contributed by atoms with E-state index >= 15 is 0 Å². The molecule has 20 heavy (non-hydrogen) atoms. The average molecular weight is 274 g/mol. The molecule has 0 atom stereocenters. The third-order valence-electron chi connectivity index (χ3n) is 4.49. The van der Waals surface area contributed by atoms with Gasteiger partial charge in [0.2, 0.25) is 0 Å². The largest absolute Gasteiger partial charge is 0.487 e. The highest BCUT2D eigenvalue weighted by molar-refractivity contribution is 5.41. The van der Waals surface area contributed by atoms with Crippen molar-refractivity contribution in [3.63, 3.8) is 0 Å². The van der Waals surface area contributed by atoms with Gasteiger partial charge in [0.05, 0.1) is 0 Å². The summed E-state index contributed by atoms with van der Waals surface area (Å²) in [6.07, 6.45) is 5.74. The lowest BCUT2D eigenvalue weighted by Gasteiger charge is -2.27. The highest BCUT2D eigenvalue weighted by atomic mass is 16.5. The van der Waals surface area contributed by atoms with E-state index in [1.807, 2.05) is 0 Å². The Morgan fingerprint density at radius 1 is 1.25 bits per heavy atom. The Balaban J connectivity index is 1.57. The van der Waals surface area contributed by atoms with E-state index < -0.39 is 0 Å². The summed E-state index contributed by atoms with van der Waals surface area (Å²) in [5.74, 6) is 1.06. The minimum absolute atomic E-state index is 0.0477. The third-order valence-corrected chi connectivity index (χ3v) is 4.49. The zero-order chi connectivity index (χ0) is 14.2. The molecule has 1 heterocycles. The van der Waals surface area contributed by atoms with E-state index in [9.17, 15) is 0 Å². The first-order valence-corrected chi connectivity index (χ1v) is 7.82. The van der Waals surface area contributed by atoms with Crippen molar-refractivity contribution in [2.75, 3.05) is 0 Å². The summed E-state index contributed by atoms with van der Waals surface area (Å²) in [6.45, 7) is 5.25. The van der Waals surface area contributed by atoms with Gasteiger partial charge in [-0.2, -0.15) is 0 Å². The molecule has 0 unspecified atom stereocenters. The molecule has 0 radical (unpaired) electrons. The predicted octanol–water partition coefficient (Wildman–Crippen LogP) is 2.76. The Bertz CT molecular complexity index is 476. The molecule has 0 amide bonds. The number of fused-ring (bicyclic) bond motifs is 1. The van der Waals surface area contributed by atoms with Crippen molar-refractivity contribution in [2.45, 2.75) is 70.2 Å². The molecule has 1 saturated carbocycles. The number of hydrogen-bond donors (Lipinski definition) is 2. The van der Waals surface area contributed by atoms with Crippen LogP contribution in [0, 0.1) is 0 Å². The zero-order valence-corrected chi connectivity index (χ0v) is 12.6. The van der Waals surface area contributed by atoms with Crippen LogP contribution >= 0.6 is 0 Å². The van der Waals surface area contributed by atoms with Gasteiger partial charge in [0, 0.05) is 25.0 Å². The normalized spacial score (nSPS) is 27.9. The van der Waals surface area contributed by atoms with E-state index in [2.05, 4.69) is 37.4 Å². The summed E-state index contributed by atoms with van der Waals surface area (Å²) in [7, 11) is 0. The molecule has 1 aromatic rings. The van der Waals surface area contributed by atoms with Crippen molar-refractivity contribution >= 4 is 0 Å². The molecule has 0 spiro atoms. The average Bonchev–Trinajstić information content (AvgIpc) is 2.71. The van der Waals surface area contributed by atoms with Gasteiger partial charge in [-0.15, -0.1) is 0 Å². The molecule has 0 saturated heterocycles. The molecule has 1 aliphatic carbocycles. The Morgan fingerprint density at radius 2 is 2.00 bits per heavy atom. The van der Waals surface area contributed by atoms with Gasteiger partial charge in [-0.3, -0.25) is 0 Å². The van der Waals surface area contributed by atoms with Crippen LogP contribution in [-0.2, 0) is 13.0 Å². The summed E-state index contributed by atoms with van der Waals surface area (Å²) < 4.78 is 5.92. The Hall–Kier alpha value is -1.06. The van der Waals surface area contributed by atoms with Gasteiger partial charge in [0.1, 0.15) is 11.4 Å². The smallest absolute Gasteiger partial charge is 0.123 e. The van der Waals surface area contributed by atoms with Gasteiger partial charge >= 0.3 is 0 Å². The molecule has 3 nitrogen and oxygen atoms in total. The SMILES string of the molecule is CC1(C)Cc2cc(CNC3CCC(N)CC3)ccc2O1. The van der Waals surface area contributed by atoms with E-state index in [0.29, 0.717) is 12.1 Å². The van der Waals surface area contributed by atoms with Crippen LogP contribution in [0.1, 0.15) is 50.7 Å². The molecule has 1 aliphatic heterocycles. The van der Waals surface area contributed by atoms with Gasteiger partial charge in [-0.1, -0.05) is 12.1 Å². The van der Waals surface area contributed by atoms with Gasteiger partial charge in [0.15, 0.2) is 0 Å². The Kier molecular flexibility index (Phi) is 3.74. The van der Waals surface area contributed by atoms with Crippen LogP contribution < -0.4 is 15.8 Å². The van der Waals surface area contributed by atoms with E-state index in [1.54, 1.807) is 0 Å². The van der Waals surface area contributed by atoms with Crippen LogP contribution in [0.15, 0.2) is 18.2 Å². The number of nitrogens with one attached hydrogen (secondary N) is 1. The number of benzene rings is 1. The maximum atomic E-state index is 5.95. The summed E-state index contributed by atoms with van der Waals surface area (Å²) in [4.78, 5) is 0. The zero-order valence-electron chi connectivity index (χ0n) is 12.6. The van der Waals surface area contributed by atoms with Crippen LogP contribution in [-0.4, -0.2) is 17.7 Å². The highest BCUT2D eigenvalue weighted by Gasteiger charge is 2.29. The summed E-state index contributed by atoms with van der Waals surface area (Å²) in [6, 6.07) is 7.66. The standard InChI is InChI=1S/C17H26N2O/c1-17(2)10-13-9-12(3-8-16(13)20-17)11-19-15-6-4-14(18)5-7-15/h3,8-9,14-15,19H,4-7,10-11,18H2,1-2H3. The van der Waals surface area contributed by atoms with Crippen LogP contribution in [0.25, 0.3) is 0 Å². The lowest BCUT2D eigenvalue weighted by Crippen LogP contribution is -2.37. The van der Waals surface area contributed by atoms with Crippen molar-refractivity contribution in [2.24, 2.45) is 5.73 Å². The van der Waals surface area contributed by atoms with Crippen LogP contribution in [0.4, 0.5) is 0 Å². The monoisotopic (exact) mass is 274 g/mol. The fourth-order valence-electron chi connectivity index (χ4n) is 3.36. The lowest BCUT2D eigenvalue weighted by atomic mass is 9.91. The molecule has 3 heteroatoms. The van der Waals surface area contributed by atoms with Gasteiger partial charge < -0.3 is 15.8 Å². The third kappa shape index (κ3) is 3.15. The molecule has 0 aromatic heterocycles. The summed E-state index contributed by atoms with van der Waals surface area (Å²) in [5.41, 5.74) is 8.61. The lowest BCUT2D eigenvalue weighted by molar-refractivity contribution is 0.138.